The van der Waals surface area contributed by atoms with Crippen molar-refractivity contribution in [3.63, 3.8) is 0 Å². The van der Waals surface area contributed by atoms with E-state index in [2.05, 4.69) is 15.8 Å². The highest BCUT2D eigenvalue weighted by Gasteiger charge is 2.10. The molecule has 1 heterocycles. The molecule has 0 radical (unpaired) electrons. The van der Waals surface area contributed by atoms with Gasteiger partial charge in [-0.1, -0.05) is 35.9 Å². The van der Waals surface area contributed by atoms with Crippen LogP contribution in [-0.2, 0) is 0 Å². The second kappa shape index (κ2) is 8.20. The molecule has 3 rings (SSSR count). The largest absolute Gasteiger partial charge is 0.545 e. The molecule has 0 unspecified atom stereocenters. The van der Waals surface area contributed by atoms with Crippen molar-refractivity contribution in [3.8, 4) is 11.3 Å². The first kappa shape index (κ1) is 18.2. The van der Waals surface area contributed by atoms with Gasteiger partial charge >= 0.3 is 6.03 Å². The Hall–Kier alpha value is -3.58. The molecule has 7 nitrogen and oxygen atoms in total. The molecule has 0 saturated heterocycles. The van der Waals surface area contributed by atoms with Crippen LogP contribution in [0.1, 0.15) is 16.1 Å². The van der Waals surface area contributed by atoms with Crippen molar-refractivity contribution >= 4 is 35.5 Å². The molecule has 0 atom stereocenters. The number of halogens is 1. The van der Waals surface area contributed by atoms with Crippen molar-refractivity contribution in [1.29, 1.82) is 0 Å². The molecule has 0 bridgehead atoms. The summed E-state index contributed by atoms with van der Waals surface area (Å²) in [6, 6.07) is 15.8. The monoisotopic (exact) mass is 382 g/mol. The van der Waals surface area contributed by atoms with Crippen molar-refractivity contribution in [3.05, 3.63) is 77.0 Å². The number of para-hydroxylation sites is 1. The molecule has 0 spiro atoms. The van der Waals surface area contributed by atoms with Gasteiger partial charge in [0.1, 0.15) is 11.5 Å². The van der Waals surface area contributed by atoms with E-state index < -0.39 is 12.0 Å². The zero-order chi connectivity index (χ0) is 19.2. The smallest absolute Gasteiger partial charge is 0.339 e. The fourth-order valence-electron chi connectivity index (χ4n) is 2.24. The summed E-state index contributed by atoms with van der Waals surface area (Å²) in [7, 11) is 0. The van der Waals surface area contributed by atoms with Gasteiger partial charge in [-0.25, -0.2) is 10.2 Å². The Kier molecular flexibility index (Phi) is 5.53. The molecule has 0 aliphatic carbocycles. The molecule has 27 heavy (non-hydrogen) atoms. The third-order valence-corrected chi connectivity index (χ3v) is 3.81. The number of hydrogen-bond acceptors (Lipinski definition) is 5. The van der Waals surface area contributed by atoms with Gasteiger partial charge in [0.25, 0.3) is 0 Å². The maximum Gasteiger partial charge on any atom is 0.339 e. The van der Waals surface area contributed by atoms with Crippen LogP contribution in [0.15, 0.2) is 70.2 Å². The van der Waals surface area contributed by atoms with Gasteiger partial charge in [0.15, 0.2) is 0 Å². The number of carboxylic acid groups (broad SMARTS) is 1. The molecular weight excluding hydrogens is 370 g/mol. The number of carboxylic acids is 1. The standard InChI is InChI=1S/C19H14ClN3O4/c20-16-8-6-12(18(24)25)10-15(16)17-9-7-14(27-17)11-21-23-19(26)22-13-4-2-1-3-5-13/h1-11H,(H,24,25)(H2,22,23,26)/p-1/b21-11+. The molecule has 2 aromatic carbocycles. The molecule has 0 aliphatic rings. The summed E-state index contributed by atoms with van der Waals surface area (Å²) in [6.07, 6.45) is 1.31. The average Bonchev–Trinajstić information content (AvgIpc) is 3.11. The van der Waals surface area contributed by atoms with Gasteiger partial charge in [0, 0.05) is 11.3 Å². The lowest BCUT2D eigenvalue weighted by Crippen LogP contribution is -2.24. The summed E-state index contributed by atoms with van der Waals surface area (Å²) in [5.41, 5.74) is 3.34. The number of hydrogen-bond donors (Lipinski definition) is 2. The second-order valence-corrected chi connectivity index (χ2v) is 5.78. The van der Waals surface area contributed by atoms with E-state index in [0.717, 1.165) is 0 Å². The van der Waals surface area contributed by atoms with Gasteiger partial charge < -0.3 is 19.6 Å². The van der Waals surface area contributed by atoms with E-state index in [9.17, 15) is 14.7 Å². The molecule has 3 aromatic rings. The number of furan rings is 1. The molecule has 136 valence electrons. The summed E-state index contributed by atoms with van der Waals surface area (Å²) in [5.74, 6) is -0.604. The number of amides is 2. The molecule has 8 heteroatoms. The molecule has 2 N–H and O–H groups in total. The minimum Gasteiger partial charge on any atom is -0.545 e. The van der Waals surface area contributed by atoms with E-state index >= 15 is 0 Å². The summed E-state index contributed by atoms with van der Waals surface area (Å²) in [6.45, 7) is 0. The van der Waals surface area contributed by atoms with Crippen LogP contribution in [0.2, 0.25) is 5.02 Å². The van der Waals surface area contributed by atoms with Gasteiger partial charge in [0.05, 0.1) is 17.2 Å². The number of carbonyl (C=O) groups excluding carboxylic acids is 2. The Morgan fingerprint density at radius 3 is 2.59 bits per heavy atom. The number of urea groups is 1. The van der Waals surface area contributed by atoms with E-state index in [1.807, 2.05) is 6.07 Å². The van der Waals surface area contributed by atoms with Gasteiger partial charge in [-0.2, -0.15) is 5.10 Å². The highest BCUT2D eigenvalue weighted by molar-refractivity contribution is 6.33. The van der Waals surface area contributed by atoms with Gasteiger partial charge in [0.2, 0.25) is 0 Å². The molecule has 0 saturated carbocycles. The van der Waals surface area contributed by atoms with Crippen LogP contribution in [0.25, 0.3) is 11.3 Å². The van der Waals surface area contributed by atoms with Crippen molar-refractivity contribution in [2.24, 2.45) is 5.10 Å². The topological polar surface area (TPSA) is 107 Å². The van der Waals surface area contributed by atoms with Crippen LogP contribution in [-0.4, -0.2) is 18.2 Å². The van der Waals surface area contributed by atoms with Crippen LogP contribution >= 0.6 is 11.6 Å². The first-order chi connectivity index (χ1) is 13.0. The predicted octanol–water partition coefficient (Wildman–Crippen LogP) is 3.12. The maximum absolute atomic E-state index is 11.7. The van der Waals surface area contributed by atoms with Crippen LogP contribution in [0.4, 0.5) is 10.5 Å². The van der Waals surface area contributed by atoms with E-state index in [-0.39, 0.29) is 5.56 Å². The predicted molar refractivity (Wildman–Crippen MR) is 99.7 cm³/mol. The Bertz CT molecular complexity index is 999. The average molecular weight is 383 g/mol. The third-order valence-electron chi connectivity index (χ3n) is 3.48. The fourth-order valence-corrected chi connectivity index (χ4v) is 2.45. The lowest BCUT2D eigenvalue weighted by molar-refractivity contribution is -0.255. The van der Waals surface area contributed by atoms with E-state index in [1.165, 1.54) is 24.4 Å². The summed E-state index contributed by atoms with van der Waals surface area (Å²) in [5, 5.41) is 17.7. The number of hydrazone groups is 1. The minimum atomic E-state index is -1.31. The highest BCUT2D eigenvalue weighted by atomic mass is 35.5. The van der Waals surface area contributed by atoms with Gasteiger partial charge in [-0.3, -0.25) is 0 Å². The fraction of sp³-hybridized carbons (Fsp3) is 0. The quantitative estimate of drug-likeness (QED) is 0.522. The second-order valence-electron chi connectivity index (χ2n) is 5.37. The van der Waals surface area contributed by atoms with E-state index in [4.69, 9.17) is 16.0 Å². The van der Waals surface area contributed by atoms with Gasteiger partial charge in [-0.05, 0) is 42.0 Å². The van der Waals surface area contributed by atoms with Crippen LogP contribution in [0.3, 0.4) is 0 Å². The zero-order valence-electron chi connectivity index (χ0n) is 13.8. The van der Waals surface area contributed by atoms with Crippen molar-refractivity contribution in [1.82, 2.24) is 5.43 Å². The number of anilines is 1. The van der Waals surface area contributed by atoms with Crippen LogP contribution in [0.5, 0.6) is 0 Å². The Morgan fingerprint density at radius 2 is 1.85 bits per heavy atom. The first-order valence-electron chi connectivity index (χ1n) is 7.79. The Labute approximate surface area is 159 Å². The van der Waals surface area contributed by atoms with Crippen LogP contribution in [0, 0.1) is 0 Å². The number of carbonyl (C=O) groups is 2. The van der Waals surface area contributed by atoms with Crippen molar-refractivity contribution in [2.45, 2.75) is 0 Å². The zero-order valence-corrected chi connectivity index (χ0v) is 14.6. The number of benzene rings is 2. The van der Waals surface area contributed by atoms with E-state index in [0.29, 0.717) is 27.8 Å². The Morgan fingerprint density at radius 1 is 1.07 bits per heavy atom. The highest BCUT2D eigenvalue weighted by Crippen LogP contribution is 2.30. The summed E-state index contributed by atoms with van der Waals surface area (Å²) >= 11 is 6.10. The maximum atomic E-state index is 11.7. The van der Waals surface area contributed by atoms with Crippen molar-refractivity contribution in [2.75, 3.05) is 5.32 Å². The molecule has 2 amide bonds. The lowest BCUT2D eigenvalue weighted by atomic mass is 10.1. The lowest BCUT2D eigenvalue weighted by Gasteiger charge is -2.06. The summed E-state index contributed by atoms with van der Waals surface area (Å²) in [4.78, 5) is 22.7. The summed E-state index contributed by atoms with van der Waals surface area (Å²) < 4.78 is 5.57. The minimum absolute atomic E-state index is 0.0136. The van der Waals surface area contributed by atoms with Crippen molar-refractivity contribution < 1.29 is 19.1 Å². The Balaban J connectivity index is 1.66. The molecule has 0 fully saturated rings. The number of rotatable bonds is 5. The number of nitrogens with zero attached hydrogens (tertiary/aromatic N) is 1. The van der Waals surface area contributed by atoms with Gasteiger partial charge in [-0.15, -0.1) is 0 Å². The molecular formula is C19H13ClN3O4-. The number of nitrogens with one attached hydrogen (secondary N) is 2. The third kappa shape index (κ3) is 4.74. The van der Waals surface area contributed by atoms with Crippen LogP contribution < -0.4 is 15.8 Å². The molecule has 1 aromatic heterocycles. The SMILES string of the molecule is O=C(N/N=C/c1ccc(-c2cc(C(=O)[O-])ccc2Cl)o1)Nc1ccccc1. The normalized spacial score (nSPS) is 10.7. The molecule has 0 aliphatic heterocycles. The number of aromatic carboxylic acids is 1. The first-order valence-corrected chi connectivity index (χ1v) is 8.17. The van der Waals surface area contributed by atoms with E-state index in [1.54, 1.807) is 36.4 Å².